The SMILES string of the molecule is COc1ccc(C(=O)OF)cc1C. The number of carbonyl (C=O) groups is 1. The molecule has 0 bridgehead atoms. The molecule has 70 valence electrons. The van der Waals surface area contributed by atoms with Gasteiger partial charge in [-0.2, -0.15) is 0 Å². The van der Waals surface area contributed by atoms with E-state index in [1.54, 1.807) is 13.0 Å². The van der Waals surface area contributed by atoms with E-state index < -0.39 is 5.97 Å². The number of rotatable bonds is 2. The molecule has 0 aromatic heterocycles. The van der Waals surface area contributed by atoms with Crippen molar-refractivity contribution in [2.24, 2.45) is 0 Å². The van der Waals surface area contributed by atoms with Crippen LogP contribution < -0.4 is 4.74 Å². The summed E-state index contributed by atoms with van der Waals surface area (Å²) in [5.41, 5.74) is 0.922. The Balaban J connectivity index is 3.02. The molecule has 0 saturated heterocycles. The highest BCUT2D eigenvalue weighted by Crippen LogP contribution is 2.18. The summed E-state index contributed by atoms with van der Waals surface area (Å²) in [5.74, 6) is -0.346. The number of benzene rings is 1. The van der Waals surface area contributed by atoms with E-state index in [0.29, 0.717) is 5.75 Å². The largest absolute Gasteiger partial charge is 0.496 e. The van der Waals surface area contributed by atoms with E-state index in [2.05, 4.69) is 4.94 Å². The van der Waals surface area contributed by atoms with E-state index in [-0.39, 0.29) is 5.56 Å². The van der Waals surface area contributed by atoms with Crippen LogP contribution in [0.5, 0.6) is 5.75 Å². The van der Waals surface area contributed by atoms with E-state index in [1.165, 1.54) is 19.2 Å². The van der Waals surface area contributed by atoms with Crippen LogP contribution in [0.1, 0.15) is 15.9 Å². The quantitative estimate of drug-likeness (QED) is 0.705. The molecule has 0 heterocycles. The zero-order valence-electron chi connectivity index (χ0n) is 7.33. The molecule has 0 saturated carbocycles. The fourth-order valence-electron chi connectivity index (χ4n) is 1.05. The Kier molecular flexibility index (Phi) is 2.84. The minimum Gasteiger partial charge on any atom is -0.496 e. The summed E-state index contributed by atoms with van der Waals surface area (Å²) < 4.78 is 16.5. The third-order valence-electron chi connectivity index (χ3n) is 1.70. The predicted octanol–water partition coefficient (Wildman–Crippen LogP) is 2.04. The number of carbonyl (C=O) groups excluding carboxylic acids is 1. The summed E-state index contributed by atoms with van der Waals surface area (Å²) in [6.45, 7) is 1.76. The molecule has 1 aromatic carbocycles. The van der Waals surface area contributed by atoms with Crippen molar-refractivity contribution in [1.29, 1.82) is 0 Å². The molecule has 0 spiro atoms. The minimum absolute atomic E-state index is 0.167. The van der Waals surface area contributed by atoms with Crippen LogP contribution in [0.15, 0.2) is 18.2 Å². The van der Waals surface area contributed by atoms with Crippen LogP contribution in [0.2, 0.25) is 0 Å². The summed E-state index contributed by atoms with van der Waals surface area (Å²) in [7, 11) is 1.52. The Morgan fingerprint density at radius 2 is 2.15 bits per heavy atom. The molecular weight excluding hydrogens is 175 g/mol. The number of hydrogen-bond acceptors (Lipinski definition) is 3. The van der Waals surface area contributed by atoms with Gasteiger partial charge in [-0.05, 0) is 30.7 Å². The highest BCUT2D eigenvalue weighted by Gasteiger charge is 2.09. The first-order chi connectivity index (χ1) is 6.19. The summed E-state index contributed by atoms with van der Waals surface area (Å²) in [6.07, 6.45) is 0. The van der Waals surface area contributed by atoms with Crippen molar-refractivity contribution in [2.75, 3.05) is 7.11 Å². The Morgan fingerprint density at radius 1 is 1.46 bits per heavy atom. The molecule has 0 aliphatic rings. The molecule has 3 nitrogen and oxygen atoms in total. The summed E-state index contributed by atoms with van der Waals surface area (Å²) in [6, 6.07) is 4.52. The van der Waals surface area contributed by atoms with Crippen LogP contribution in [0.3, 0.4) is 0 Å². The van der Waals surface area contributed by atoms with Gasteiger partial charge < -0.3 is 4.74 Å². The summed E-state index contributed by atoms with van der Waals surface area (Å²) >= 11 is 0. The van der Waals surface area contributed by atoms with Gasteiger partial charge in [0.25, 0.3) is 0 Å². The lowest BCUT2D eigenvalue weighted by atomic mass is 10.1. The highest BCUT2D eigenvalue weighted by molar-refractivity contribution is 5.89. The number of halogens is 1. The number of aryl methyl sites for hydroxylation is 1. The fraction of sp³-hybridized carbons (Fsp3) is 0.222. The molecule has 0 aliphatic carbocycles. The van der Waals surface area contributed by atoms with Crippen LogP contribution in [-0.4, -0.2) is 13.1 Å². The van der Waals surface area contributed by atoms with Gasteiger partial charge >= 0.3 is 5.97 Å². The third-order valence-corrected chi connectivity index (χ3v) is 1.70. The predicted molar refractivity (Wildman–Crippen MR) is 44.3 cm³/mol. The van der Waals surface area contributed by atoms with Crippen LogP contribution >= 0.6 is 0 Å². The molecule has 0 fully saturated rings. The van der Waals surface area contributed by atoms with Gasteiger partial charge in [0, 0.05) is 4.53 Å². The van der Waals surface area contributed by atoms with Gasteiger partial charge in [-0.1, -0.05) is 0 Å². The fourth-order valence-corrected chi connectivity index (χ4v) is 1.05. The second-order valence-corrected chi connectivity index (χ2v) is 2.55. The molecule has 13 heavy (non-hydrogen) atoms. The monoisotopic (exact) mass is 184 g/mol. The van der Waals surface area contributed by atoms with Gasteiger partial charge in [0.2, 0.25) is 0 Å². The van der Waals surface area contributed by atoms with Gasteiger partial charge in [0.05, 0.1) is 12.7 Å². The first kappa shape index (κ1) is 9.51. The number of methoxy groups -OCH3 is 1. The Bertz CT molecular complexity index is 323. The molecule has 0 amide bonds. The lowest BCUT2D eigenvalue weighted by Gasteiger charge is -2.04. The summed E-state index contributed by atoms with van der Waals surface area (Å²) in [5, 5.41) is 0. The maximum atomic E-state index is 11.5. The van der Waals surface area contributed by atoms with Crippen molar-refractivity contribution in [2.45, 2.75) is 6.92 Å². The molecule has 0 atom stereocenters. The average molecular weight is 184 g/mol. The van der Waals surface area contributed by atoms with E-state index in [9.17, 15) is 9.32 Å². The van der Waals surface area contributed by atoms with Crippen molar-refractivity contribution in [3.8, 4) is 5.75 Å². The first-order valence-corrected chi connectivity index (χ1v) is 3.66. The van der Waals surface area contributed by atoms with Crippen molar-refractivity contribution < 1.29 is 19.0 Å². The smallest absolute Gasteiger partial charge is 0.379 e. The average Bonchev–Trinajstić information content (AvgIpc) is 2.16. The first-order valence-electron chi connectivity index (χ1n) is 3.66. The lowest BCUT2D eigenvalue weighted by molar-refractivity contribution is -0.0788. The van der Waals surface area contributed by atoms with E-state index >= 15 is 0 Å². The molecule has 0 radical (unpaired) electrons. The number of hydrogen-bond donors (Lipinski definition) is 0. The highest BCUT2D eigenvalue weighted by atomic mass is 19.3. The molecule has 1 rings (SSSR count). The molecule has 4 heteroatoms. The van der Waals surface area contributed by atoms with Gasteiger partial charge in [-0.3, -0.25) is 0 Å². The Hall–Kier alpha value is -1.58. The van der Waals surface area contributed by atoms with Crippen molar-refractivity contribution in [3.05, 3.63) is 29.3 Å². The molecule has 1 aromatic rings. The third kappa shape index (κ3) is 1.96. The topological polar surface area (TPSA) is 35.5 Å². The molecule has 0 aliphatic heterocycles. The van der Waals surface area contributed by atoms with Crippen LogP contribution in [-0.2, 0) is 4.94 Å². The Labute approximate surface area is 75.0 Å². The zero-order chi connectivity index (χ0) is 9.84. The molecular formula is C9H9FO3. The standard InChI is InChI=1S/C9H9FO3/c1-6-5-7(9(11)13-10)3-4-8(6)12-2/h3-5H,1-2H3. The van der Waals surface area contributed by atoms with Gasteiger partial charge in [0.1, 0.15) is 5.75 Å². The molecule has 0 N–H and O–H groups in total. The van der Waals surface area contributed by atoms with Crippen LogP contribution in [0, 0.1) is 6.92 Å². The summed E-state index contributed by atoms with van der Waals surface area (Å²) in [4.78, 5) is 13.8. The van der Waals surface area contributed by atoms with Crippen molar-refractivity contribution in [3.63, 3.8) is 0 Å². The van der Waals surface area contributed by atoms with E-state index in [0.717, 1.165) is 5.56 Å². The second-order valence-electron chi connectivity index (χ2n) is 2.55. The van der Waals surface area contributed by atoms with Gasteiger partial charge in [-0.15, -0.1) is 0 Å². The van der Waals surface area contributed by atoms with Crippen molar-refractivity contribution >= 4 is 5.97 Å². The second kappa shape index (κ2) is 3.89. The zero-order valence-corrected chi connectivity index (χ0v) is 7.33. The molecule has 0 unspecified atom stereocenters. The van der Waals surface area contributed by atoms with Crippen LogP contribution in [0.25, 0.3) is 0 Å². The van der Waals surface area contributed by atoms with E-state index in [4.69, 9.17) is 4.74 Å². The van der Waals surface area contributed by atoms with Crippen molar-refractivity contribution in [1.82, 2.24) is 0 Å². The maximum Gasteiger partial charge on any atom is 0.379 e. The minimum atomic E-state index is -0.995. The normalized spacial score (nSPS) is 9.46. The lowest BCUT2D eigenvalue weighted by Crippen LogP contribution is -1.99. The van der Waals surface area contributed by atoms with E-state index in [1.807, 2.05) is 0 Å². The number of ether oxygens (including phenoxy) is 1. The van der Waals surface area contributed by atoms with Crippen LogP contribution in [0.4, 0.5) is 4.53 Å². The van der Waals surface area contributed by atoms with Gasteiger partial charge in [-0.25, -0.2) is 9.74 Å². The Morgan fingerprint density at radius 3 is 2.62 bits per heavy atom. The maximum absolute atomic E-state index is 11.5. The van der Waals surface area contributed by atoms with Gasteiger partial charge in [0.15, 0.2) is 0 Å².